The lowest BCUT2D eigenvalue weighted by Gasteiger charge is -2.20. The van der Waals surface area contributed by atoms with Crippen molar-refractivity contribution in [1.82, 2.24) is 0 Å². The molecule has 2 heterocycles. The molecular formula is C18H22N2OS2. The minimum atomic E-state index is -0.558. The average molecular weight is 347 g/mol. The molecule has 3 nitrogen and oxygen atoms in total. The summed E-state index contributed by atoms with van der Waals surface area (Å²) in [6.45, 7) is 8.99. The van der Waals surface area contributed by atoms with Crippen LogP contribution in [-0.2, 0) is 18.0 Å². The van der Waals surface area contributed by atoms with Gasteiger partial charge in [-0.15, -0.1) is 11.3 Å². The molecule has 0 aromatic carbocycles. The predicted molar refractivity (Wildman–Crippen MR) is 98.4 cm³/mol. The first-order valence-electron chi connectivity index (χ1n) is 7.65. The summed E-state index contributed by atoms with van der Waals surface area (Å²) in [5, 5.41) is 2.33. The summed E-state index contributed by atoms with van der Waals surface area (Å²) in [5.41, 5.74) is 1.29. The van der Waals surface area contributed by atoms with Crippen LogP contribution in [0, 0.1) is 0 Å². The number of hydrogen-bond donors (Lipinski definition) is 0. The van der Waals surface area contributed by atoms with Crippen LogP contribution in [0.2, 0.25) is 0 Å². The molecule has 23 heavy (non-hydrogen) atoms. The van der Waals surface area contributed by atoms with Crippen LogP contribution in [0.3, 0.4) is 0 Å². The highest BCUT2D eigenvalue weighted by atomic mass is 32.1. The highest BCUT2D eigenvalue weighted by Crippen LogP contribution is 2.21. The maximum atomic E-state index is 12.8. The Labute approximate surface area is 147 Å². The SMILES string of the molecule is CCN=C([S-])C(C(=O)c1cccs1)[n+]1ccc(C(C)(C)C)cc1. The van der Waals surface area contributed by atoms with Crippen molar-refractivity contribution in [1.29, 1.82) is 0 Å². The Morgan fingerprint density at radius 3 is 2.43 bits per heavy atom. The maximum absolute atomic E-state index is 12.8. The van der Waals surface area contributed by atoms with Gasteiger partial charge in [0.05, 0.1) is 4.88 Å². The quantitative estimate of drug-likeness (QED) is 0.272. The number of pyridine rings is 1. The highest BCUT2D eigenvalue weighted by molar-refractivity contribution is 7.77. The lowest BCUT2D eigenvalue weighted by molar-refractivity contribution is -0.692. The Balaban J connectivity index is 2.42. The fraction of sp³-hybridized carbons (Fsp3) is 0.389. The summed E-state index contributed by atoms with van der Waals surface area (Å²) in [4.78, 5) is 17.8. The van der Waals surface area contributed by atoms with Crippen LogP contribution in [0.1, 0.15) is 49.0 Å². The molecule has 5 heteroatoms. The molecule has 2 aromatic heterocycles. The van der Waals surface area contributed by atoms with E-state index in [0.29, 0.717) is 16.5 Å². The number of carbonyl (C=O) groups excluding carboxylic acids is 1. The number of hydrogen-bond acceptors (Lipinski definition) is 4. The molecule has 2 rings (SSSR count). The monoisotopic (exact) mass is 346 g/mol. The minimum absolute atomic E-state index is 0.00397. The van der Waals surface area contributed by atoms with E-state index in [1.165, 1.54) is 16.9 Å². The Morgan fingerprint density at radius 2 is 1.96 bits per heavy atom. The second-order valence-electron chi connectivity index (χ2n) is 6.34. The molecule has 0 bridgehead atoms. The van der Waals surface area contributed by atoms with E-state index in [-0.39, 0.29) is 11.2 Å². The van der Waals surface area contributed by atoms with Crippen LogP contribution in [0.4, 0.5) is 0 Å². The third kappa shape index (κ3) is 4.24. The first-order chi connectivity index (χ1) is 10.8. The number of thiophene rings is 1. The number of nitrogens with zero attached hydrogens (tertiary/aromatic N) is 2. The van der Waals surface area contributed by atoms with Crippen molar-refractivity contribution in [2.75, 3.05) is 6.54 Å². The standard InChI is InChI=1S/C18H22N2OS2/c1-5-19-17(22)15(16(21)14-7-6-12-23-14)20-10-8-13(9-11-20)18(2,3)4/h6-12,15H,5H2,1-4H3. The van der Waals surface area contributed by atoms with E-state index >= 15 is 0 Å². The second kappa shape index (κ2) is 7.32. The van der Waals surface area contributed by atoms with E-state index < -0.39 is 6.04 Å². The molecule has 1 atom stereocenters. The van der Waals surface area contributed by atoms with Gasteiger partial charge < -0.3 is 17.6 Å². The number of rotatable bonds is 5. The third-order valence-electron chi connectivity index (χ3n) is 3.58. The van der Waals surface area contributed by atoms with Gasteiger partial charge in [-0.1, -0.05) is 26.8 Å². The van der Waals surface area contributed by atoms with Crippen molar-refractivity contribution >= 4 is 34.8 Å². The minimum Gasteiger partial charge on any atom is -0.758 e. The fourth-order valence-corrected chi connectivity index (χ4v) is 3.33. The van der Waals surface area contributed by atoms with Crippen molar-refractivity contribution in [3.63, 3.8) is 0 Å². The molecule has 0 amide bonds. The molecule has 1 unspecified atom stereocenters. The van der Waals surface area contributed by atoms with Gasteiger partial charge in [-0.25, -0.2) is 0 Å². The number of Topliss-reactive ketones (excluding diaryl/α,β-unsaturated/α-hetero) is 1. The molecule has 0 N–H and O–H groups in total. The molecule has 0 aliphatic carbocycles. The van der Waals surface area contributed by atoms with Crippen LogP contribution < -0.4 is 4.57 Å². The van der Waals surface area contributed by atoms with Gasteiger partial charge in [0, 0.05) is 18.7 Å². The zero-order valence-electron chi connectivity index (χ0n) is 13.9. The Kier molecular flexibility index (Phi) is 5.65. The van der Waals surface area contributed by atoms with Crippen LogP contribution in [0.15, 0.2) is 47.0 Å². The van der Waals surface area contributed by atoms with Crippen molar-refractivity contribution in [3.8, 4) is 0 Å². The summed E-state index contributed by atoms with van der Waals surface area (Å²) in [5.74, 6) is -0.00397. The first kappa shape index (κ1) is 17.8. The number of aromatic nitrogens is 1. The van der Waals surface area contributed by atoms with E-state index in [4.69, 9.17) is 12.6 Å². The average Bonchev–Trinajstić information content (AvgIpc) is 3.01. The second-order valence-corrected chi connectivity index (χ2v) is 7.71. The summed E-state index contributed by atoms with van der Waals surface area (Å²) < 4.78 is 1.86. The van der Waals surface area contributed by atoms with Crippen LogP contribution in [-0.4, -0.2) is 17.4 Å². The van der Waals surface area contributed by atoms with Gasteiger partial charge in [-0.2, -0.15) is 4.57 Å². The molecule has 0 radical (unpaired) electrons. The molecule has 0 fully saturated rings. The lowest BCUT2D eigenvalue weighted by Crippen LogP contribution is -2.47. The molecule has 0 spiro atoms. The van der Waals surface area contributed by atoms with Gasteiger partial charge in [0.1, 0.15) is 0 Å². The van der Waals surface area contributed by atoms with E-state index in [0.717, 1.165) is 0 Å². The molecule has 0 aliphatic heterocycles. The summed E-state index contributed by atoms with van der Waals surface area (Å²) >= 11 is 6.84. The van der Waals surface area contributed by atoms with E-state index in [9.17, 15) is 4.79 Å². The van der Waals surface area contributed by atoms with Gasteiger partial charge in [-0.3, -0.25) is 4.79 Å². The van der Waals surface area contributed by atoms with Gasteiger partial charge in [-0.05, 0) is 34.4 Å². The molecule has 2 aromatic rings. The van der Waals surface area contributed by atoms with Crippen LogP contribution >= 0.6 is 11.3 Å². The molecule has 0 saturated heterocycles. The third-order valence-corrected chi connectivity index (χ3v) is 4.81. The van der Waals surface area contributed by atoms with Gasteiger partial charge in [0.2, 0.25) is 11.8 Å². The Morgan fingerprint density at radius 1 is 1.30 bits per heavy atom. The van der Waals surface area contributed by atoms with Crippen molar-refractivity contribution < 1.29 is 9.36 Å². The Hall–Kier alpha value is -1.59. The van der Waals surface area contributed by atoms with E-state index in [2.05, 4.69) is 25.8 Å². The largest absolute Gasteiger partial charge is 0.758 e. The number of ketones is 1. The van der Waals surface area contributed by atoms with E-state index in [1.807, 2.05) is 53.5 Å². The number of aliphatic imine (C=N–C) groups is 1. The zero-order valence-corrected chi connectivity index (χ0v) is 15.6. The molecule has 0 saturated carbocycles. The van der Waals surface area contributed by atoms with Gasteiger partial charge in [0.25, 0.3) is 0 Å². The fourth-order valence-electron chi connectivity index (χ4n) is 2.28. The van der Waals surface area contributed by atoms with Crippen molar-refractivity contribution in [3.05, 3.63) is 52.5 Å². The maximum Gasteiger partial charge on any atom is 0.244 e. The summed E-state index contributed by atoms with van der Waals surface area (Å²) in [6.07, 6.45) is 3.85. The number of carbonyl (C=O) groups is 1. The van der Waals surface area contributed by atoms with Gasteiger partial charge >= 0.3 is 0 Å². The van der Waals surface area contributed by atoms with Crippen LogP contribution in [0.25, 0.3) is 0 Å². The predicted octanol–water partition coefficient (Wildman–Crippen LogP) is 3.72. The first-order valence-corrected chi connectivity index (χ1v) is 8.93. The zero-order chi connectivity index (χ0) is 17.0. The summed E-state index contributed by atoms with van der Waals surface area (Å²) in [6, 6.07) is 7.24. The topological polar surface area (TPSA) is 33.3 Å². The van der Waals surface area contributed by atoms with Crippen molar-refractivity contribution in [2.24, 2.45) is 4.99 Å². The normalized spacial score (nSPS) is 13.8. The van der Waals surface area contributed by atoms with Crippen molar-refractivity contribution in [2.45, 2.75) is 39.2 Å². The summed E-state index contributed by atoms with van der Waals surface area (Å²) in [7, 11) is 0. The molecule has 122 valence electrons. The van der Waals surface area contributed by atoms with Gasteiger partial charge in [0.15, 0.2) is 12.4 Å². The molecular weight excluding hydrogens is 324 g/mol. The Bertz CT molecular complexity index is 683. The smallest absolute Gasteiger partial charge is 0.244 e. The van der Waals surface area contributed by atoms with Crippen LogP contribution in [0.5, 0.6) is 0 Å². The highest BCUT2D eigenvalue weighted by Gasteiger charge is 2.29. The molecule has 0 aliphatic rings. The van der Waals surface area contributed by atoms with E-state index in [1.54, 1.807) is 0 Å². The lowest BCUT2D eigenvalue weighted by atomic mass is 9.88.